The minimum atomic E-state index is -0.135. The second-order valence-electron chi connectivity index (χ2n) is 5.14. The lowest BCUT2D eigenvalue weighted by atomic mass is 10.1. The number of nitrogens with zero attached hydrogens (tertiary/aromatic N) is 3. The fourth-order valence-corrected chi connectivity index (χ4v) is 2.61. The zero-order chi connectivity index (χ0) is 13.2. The predicted octanol–water partition coefficient (Wildman–Crippen LogP) is 0.797. The van der Waals surface area contributed by atoms with Crippen LogP contribution < -0.4 is 10.6 Å². The Kier molecular flexibility index (Phi) is 3.40. The summed E-state index contributed by atoms with van der Waals surface area (Å²) in [7, 11) is 0. The molecule has 2 aromatic heterocycles. The summed E-state index contributed by atoms with van der Waals surface area (Å²) in [5.74, 6) is 0. The zero-order valence-electron chi connectivity index (χ0n) is 11.0. The number of aliphatic hydroxyl groups is 1. The first-order chi connectivity index (χ1) is 9.26. The van der Waals surface area contributed by atoms with E-state index in [-0.39, 0.29) is 6.10 Å². The molecular weight excluding hydrogens is 240 g/mol. The van der Waals surface area contributed by atoms with Gasteiger partial charge in [-0.15, -0.1) is 0 Å². The molecular formula is C14H20N4O. The Morgan fingerprint density at radius 1 is 1.26 bits per heavy atom. The summed E-state index contributed by atoms with van der Waals surface area (Å²) in [4.78, 5) is 6.84. The van der Waals surface area contributed by atoms with Crippen LogP contribution in [0.1, 0.15) is 18.5 Å². The number of piperidine rings is 1. The summed E-state index contributed by atoms with van der Waals surface area (Å²) in [6.45, 7) is 2.45. The van der Waals surface area contributed by atoms with E-state index in [0.29, 0.717) is 6.54 Å². The van der Waals surface area contributed by atoms with Gasteiger partial charge in [-0.2, -0.15) is 0 Å². The maximum Gasteiger partial charge on any atom is 0.137 e. The molecule has 102 valence electrons. The van der Waals surface area contributed by atoms with Crippen LogP contribution in [0, 0.1) is 0 Å². The molecule has 0 amide bonds. The van der Waals surface area contributed by atoms with Gasteiger partial charge in [0.05, 0.1) is 17.5 Å². The molecule has 3 N–H and O–H groups in total. The Labute approximate surface area is 112 Å². The Morgan fingerprint density at radius 3 is 2.79 bits per heavy atom. The maximum absolute atomic E-state index is 9.55. The molecule has 5 heteroatoms. The smallest absolute Gasteiger partial charge is 0.137 e. The Morgan fingerprint density at radius 2 is 2.05 bits per heavy atom. The van der Waals surface area contributed by atoms with Crippen LogP contribution in [0.5, 0.6) is 0 Å². The van der Waals surface area contributed by atoms with Crippen LogP contribution in [-0.2, 0) is 6.42 Å². The summed E-state index contributed by atoms with van der Waals surface area (Å²) in [6, 6.07) is 4.15. The van der Waals surface area contributed by atoms with E-state index >= 15 is 0 Å². The monoisotopic (exact) mass is 260 g/mol. The molecule has 0 spiro atoms. The molecule has 2 aromatic rings. The van der Waals surface area contributed by atoms with E-state index in [9.17, 15) is 5.11 Å². The van der Waals surface area contributed by atoms with Crippen molar-refractivity contribution in [2.24, 2.45) is 5.73 Å². The third kappa shape index (κ3) is 2.57. The minimum Gasteiger partial charge on any atom is -0.393 e. The average Bonchev–Trinajstić information content (AvgIpc) is 2.81. The summed E-state index contributed by atoms with van der Waals surface area (Å²) in [5.41, 5.74) is 8.75. The largest absolute Gasteiger partial charge is 0.393 e. The minimum absolute atomic E-state index is 0.135. The second-order valence-corrected chi connectivity index (χ2v) is 5.14. The molecule has 1 fully saturated rings. The van der Waals surface area contributed by atoms with Crippen LogP contribution >= 0.6 is 0 Å². The van der Waals surface area contributed by atoms with Crippen molar-refractivity contribution in [3.63, 3.8) is 0 Å². The van der Waals surface area contributed by atoms with Gasteiger partial charge in [0.25, 0.3) is 0 Å². The molecule has 0 aromatic carbocycles. The first kappa shape index (κ1) is 12.4. The van der Waals surface area contributed by atoms with Crippen molar-refractivity contribution < 1.29 is 5.11 Å². The highest BCUT2D eigenvalue weighted by Crippen LogP contribution is 2.21. The molecule has 0 aliphatic carbocycles. The molecule has 0 radical (unpaired) electrons. The first-order valence-electron chi connectivity index (χ1n) is 6.87. The molecule has 1 saturated heterocycles. The van der Waals surface area contributed by atoms with Gasteiger partial charge in [0.1, 0.15) is 5.65 Å². The molecule has 0 atom stereocenters. The lowest BCUT2D eigenvalue weighted by Crippen LogP contribution is -2.35. The van der Waals surface area contributed by atoms with Crippen LogP contribution in [-0.4, -0.2) is 40.2 Å². The number of imidazole rings is 1. The van der Waals surface area contributed by atoms with Crippen molar-refractivity contribution in [3.8, 4) is 0 Å². The SMILES string of the molecule is NCCc1cn2cc(N3CCC(O)CC3)ccc2n1. The quantitative estimate of drug-likeness (QED) is 0.856. The molecule has 0 saturated carbocycles. The molecule has 0 bridgehead atoms. The molecule has 1 aliphatic rings. The van der Waals surface area contributed by atoms with Gasteiger partial charge in [0, 0.05) is 31.9 Å². The van der Waals surface area contributed by atoms with Crippen molar-refractivity contribution in [1.29, 1.82) is 0 Å². The summed E-state index contributed by atoms with van der Waals surface area (Å²) in [5, 5.41) is 9.55. The lowest BCUT2D eigenvalue weighted by molar-refractivity contribution is 0.145. The number of nitrogens with two attached hydrogens (primary N) is 1. The summed E-state index contributed by atoms with van der Waals surface area (Å²) in [6.07, 6.45) is 6.53. The number of rotatable bonds is 3. The Bertz CT molecular complexity index is 558. The van der Waals surface area contributed by atoms with E-state index in [1.807, 2.05) is 12.3 Å². The average molecular weight is 260 g/mol. The number of aliphatic hydroxyl groups excluding tert-OH is 1. The van der Waals surface area contributed by atoms with E-state index in [2.05, 4.69) is 26.5 Å². The number of pyridine rings is 1. The number of fused-ring (bicyclic) bond motifs is 1. The Balaban J connectivity index is 1.84. The van der Waals surface area contributed by atoms with Gasteiger partial charge in [-0.05, 0) is 31.5 Å². The topological polar surface area (TPSA) is 66.8 Å². The van der Waals surface area contributed by atoms with E-state index in [4.69, 9.17) is 5.73 Å². The number of aromatic nitrogens is 2. The van der Waals surface area contributed by atoms with Gasteiger partial charge in [-0.1, -0.05) is 0 Å². The van der Waals surface area contributed by atoms with Crippen LogP contribution in [0.25, 0.3) is 5.65 Å². The number of anilines is 1. The van der Waals surface area contributed by atoms with Crippen LogP contribution in [0.3, 0.4) is 0 Å². The number of hydrogen-bond acceptors (Lipinski definition) is 4. The van der Waals surface area contributed by atoms with E-state index in [1.165, 1.54) is 5.69 Å². The highest BCUT2D eigenvalue weighted by molar-refractivity contribution is 5.52. The van der Waals surface area contributed by atoms with Gasteiger partial charge in [-0.25, -0.2) is 4.98 Å². The van der Waals surface area contributed by atoms with Gasteiger partial charge in [-0.3, -0.25) is 0 Å². The summed E-state index contributed by atoms with van der Waals surface area (Å²) >= 11 is 0. The van der Waals surface area contributed by atoms with Crippen molar-refractivity contribution >= 4 is 11.3 Å². The van der Waals surface area contributed by atoms with Gasteiger partial charge in [0.2, 0.25) is 0 Å². The van der Waals surface area contributed by atoms with Crippen molar-refractivity contribution in [3.05, 3.63) is 30.2 Å². The fraction of sp³-hybridized carbons (Fsp3) is 0.500. The van der Waals surface area contributed by atoms with Crippen molar-refractivity contribution in [2.45, 2.75) is 25.4 Å². The molecule has 3 rings (SSSR count). The highest BCUT2D eigenvalue weighted by Gasteiger charge is 2.17. The lowest BCUT2D eigenvalue weighted by Gasteiger charge is -2.31. The molecule has 3 heterocycles. The second kappa shape index (κ2) is 5.19. The van der Waals surface area contributed by atoms with Crippen LogP contribution in [0.15, 0.2) is 24.5 Å². The number of hydrogen-bond donors (Lipinski definition) is 2. The van der Waals surface area contributed by atoms with Crippen molar-refractivity contribution in [1.82, 2.24) is 9.38 Å². The first-order valence-corrected chi connectivity index (χ1v) is 6.87. The van der Waals surface area contributed by atoms with Crippen LogP contribution in [0.4, 0.5) is 5.69 Å². The van der Waals surface area contributed by atoms with Crippen molar-refractivity contribution in [2.75, 3.05) is 24.5 Å². The van der Waals surface area contributed by atoms with E-state index in [1.54, 1.807) is 0 Å². The van der Waals surface area contributed by atoms with E-state index in [0.717, 1.165) is 43.7 Å². The molecule has 0 unspecified atom stereocenters. The Hall–Kier alpha value is -1.59. The van der Waals surface area contributed by atoms with Crippen LogP contribution in [0.2, 0.25) is 0 Å². The van der Waals surface area contributed by atoms with Gasteiger partial charge < -0.3 is 20.1 Å². The van der Waals surface area contributed by atoms with E-state index < -0.39 is 0 Å². The normalized spacial score (nSPS) is 17.3. The van der Waals surface area contributed by atoms with Gasteiger partial charge in [0.15, 0.2) is 0 Å². The summed E-state index contributed by atoms with van der Waals surface area (Å²) < 4.78 is 2.06. The maximum atomic E-state index is 9.55. The molecule has 19 heavy (non-hydrogen) atoms. The third-order valence-electron chi connectivity index (χ3n) is 3.72. The highest BCUT2D eigenvalue weighted by atomic mass is 16.3. The standard InChI is InChI=1S/C14H20N4O/c15-6-3-11-9-18-10-12(1-2-14(18)16-11)17-7-4-13(19)5-8-17/h1-2,9-10,13,19H,3-8,15H2. The zero-order valence-corrected chi connectivity index (χ0v) is 11.0. The molecule has 1 aliphatic heterocycles. The predicted molar refractivity (Wildman–Crippen MR) is 75.4 cm³/mol. The molecule has 5 nitrogen and oxygen atoms in total. The third-order valence-corrected chi connectivity index (χ3v) is 3.72. The fourth-order valence-electron chi connectivity index (χ4n) is 2.61. The van der Waals surface area contributed by atoms with Gasteiger partial charge >= 0.3 is 0 Å².